The summed E-state index contributed by atoms with van der Waals surface area (Å²) in [5.74, 6) is 0. The van der Waals surface area contributed by atoms with E-state index in [0.717, 1.165) is 0 Å². The van der Waals surface area contributed by atoms with E-state index in [2.05, 4.69) is 24.1 Å². The molecule has 2 heteroatoms. The predicted molar refractivity (Wildman–Crippen MR) is 30.9 cm³/mol. The fourth-order valence-corrected chi connectivity index (χ4v) is 1.97. The van der Waals surface area contributed by atoms with Gasteiger partial charge in [0, 0.05) is 12.8 Å². The molecule has 1 fully saturated rings. The normalized spacial score (nSPS) is 58.8. The first-order valence-electron chi connectivity index (χ1n) is 3.06. The molecule has 2 nitrogen and oxygen atoms in total. The molecule has 0 aromatic heterocycles. The third-order valence-corrected chi connectivity index (χ3v) is 2.06. The van der Waals surface area contributed by atoms with Crippen LogP contribution in [0.2, 0.25) is 0 Å². The van der Waals surface area contributed by atoms with E-state index in [-0.39, 0.29) is 11.1 Å². The predicted octanol–water partition coefficient (Wildman–Crippen LogP) is 1.76. The van der Waals surface area contributed by atoms with Gasteiger partial charge in [-0.05, 0) is 13.8 Å². The van der Waals surface area contributed by atoms with Gasteiger partial charge in [0.1, 0.15) is 0 Å². The Morgan fingerprint density at radius 1 is 1.00 bits per heavy atom. The lowest BCUT2D eigenvalue weighted by Gasteiger charge is -2.37. The van der Waals surface area contributed by atoms with Crippen molar-refractivity contribution in [2.45, 2.75) is 37.8 Å². The van der Waals surface area contributed by atoms with Crippen molar-refractivity contribution in [1.29, 1.82) is 0 Å². The lowest BCUT2D eigenvalue weighted by molar-refractivity contribution is 0.211. The molecular formula is C6H10N2. The van der Waals surface area contributed by atoms with Crippen molar-refractivity contribution in [3.05, 3.63) is 0 Å². The average molecular weight is 110 g/mol. The molecule has 3 rings (SSSR count). The molecule has 8 heavy (non-hydrogen) atoms. The van der Waals surface area contributed by atoms with Gasteiger partial charge < -0.3 is 0 Å². The molecular weight excluding hydrogens is 100 g/mol. The van der Waals surface area contributed by atoms with Crippen LogP contribution in [0.25, 0.3) is 0 Å². The minimum absolute atomic E-state index is 0.259. The summed E-state index contributed by atoms with van der Waals surface area (Å²) in [5, 5.41) is 8.28. The van der Waals surface area contributed by atoms with Crippen molar-refractivity contribution >= 4 is 0 Å². The van der Waals surface area contributed by atoms with Crippen LogP contribution in [0.1, 0.15) is 26.7 Å². The van der Waals surface area contributed by atoms with Gasteiger partial charge in [0.25, 0.3) is 0 Å². The van der Waals surface area contributed by atoms with Crippen LogP contribution in [0.5, 0.6) is 0 Å². The van der Waals surface area contributed by atoms with Crippen LogP contribution in [0, 0.1) is 0 Å². The summed E-state index contributed by atoms with van der Waals surface area (Å²) in [7, 11) is 0. The van der Waals surface area contributed by atoms with Crippen molar-refractivity contribution in [3.63, 3.8) is 0 Å². The highest BCUT2D eigenvalue weighted by atomic mass is 15.3. The van der Waals surface area contributed by atoms with Crippen molar-refractivity contribution in [2.75, 3.05) is 0 Å². The molecule has 0 spiro atoms. The smallest absolute Gasteiger partial charge is 0.0835 e. The van der Waals surface area contributed by atoms with Crippen LogP contribution < -0.4 is 0 Å². The maximum atomic E-state index is 4.14. The Kier molecular flexibility index (Phi) is 0.476. The molecule has 44 valence electrons. The minimum Gasteiger partial charge on any atom is -0.187 e. The van der Waals surface area contributed by atoms with Crippen LogP contribution in [-0.4, -0.2) is 11.1 Å². The Morgan fingerprint density at radius 3 is 1.50 bits per heavy atom. The van der Waals surface area contributed by atoms with Gasteiger partial charge in [0.15, 0.2) is 0 Å². The first-order chi connectivity index (χ1) is 3.62. The van der Waals surface area contributed by atoms with E-state index in [9.17, 15) is 0 Å². The fraction of sp³-hybridized carbons (Fsp3) is 1.00. The molecule has 0 aromatic carbocycles. The van der Waals surface area contributed by atoms with E-state index in [1.807, 2.05) is 0 Å². The quantitative estimate of drug-likeness (QED) is 0.454. The Labute approximate surface area is 49.0 Å². The monoisotopic (exact) mass is 110 g/mol. The Hall–Kier alpha value is -0.400. The summed E-state index contributed by atoms with van der Waals surface area (Å²) in [4.78, 5) is 0. The maximum absolute atomic E-state index is 4.14. The molecule has 2 bridgehead atoms. The topological polar surface area (TPSA) is 24.7 Å². The SMILES string of the molecule is CC12CC(C)(C1)N=N2. The summed E-state index contributed by atoms with van der Waals surface area (Å²) in [6.07, 6.45) is 2.36. The highest BCUT2D eigenvalue weighted by molar-refractivity contribution is 5.14. The summed E-state index contributed by atoms with van der Waals surface area (Å²) in [6.45, 7) is 4.34. The molecule has 0 atom stereocenters. The molecule has 0 unspecified atom stereocenters. The number of hydrogen-bond acceptors (Lipinski definition) is 2. The maximum Gasteiger partial charge on any atom is 0.0835 e. The second kappa shape index (κ2) is 0.850. The molecule has 0 amide bonds. The van der Waals surface area contributed by atoms with Gasteiger partial charge in [-0.3, -0.25) is 0 Å². The summed E-state index contributed by atoms with van der Waals surface area (Å²) in [6, 6.07) is 0. The first-order valence-corrected chi connectivity index (χ1v) is 3.06. The molecule has 2 aliphatic heterocycles. The van der Waals surface area contributed by atoms with Gasteiger partial charge >= 0.3 is 0 Å². The van der Waals surface area contributed by atoms with Gasteiger partial charge in [-0.2, -0.15) is 10.2 Å². The zero-order valence-electron chi connectivity index (χ0n) is 5.31. The Bertz CT molecular complexity index is 138. The zero-order valence-corrected chi connectivity index (χ0v) is 5.31. The van der Waals surface area contributed by atoms with Gasteiger partial charge in [-0.15, -0.1) is 0 Å². The third-order valence-electron chi connectivity index (χ3n) is 2.06. The second-order valence-electron chi connectivity index (χ2n) is 3.55. The van der Waals surface area contributed by atoms with Crippen molar-refractivity contribution in [3.8, 4) is 0 Å². The molecule has 2 heterocycles. The van der Waals surface area contributed by atoms with Gasteiger partial charge in [0.2, 0.25) is 0 Å². The number of azo groups is 1. The lowest BCUT2D eigenvalue weighted by Crippen LogP contribution is -2.44. The average Bonchev–Trinajstić information content (AvgIpc) is 1.88. The Morgan fingerprint density at radius 2 is 1.38 bits per heavy atom. The van der Waals surface area contributed by atoms with E-state index in [1.54, 1.807) is 0 Å². The van der Waals surface area contributed by atoms with Gasteiger partial charge in [-0.25, -0.2) is 0 Å². The highest BCUT2D eigenvalue weighted by Gasteiger charge is 2.54. The lowest BCUT2D eigenvalue weighted by atomic mass is 9.68. The van der Waals surface area contributed by atoms with Crippen molar-refractivity contribution in [1.82, 2.24) is 0 Å². The molecule has 1 saturated carbocycles. The van der Waals surface area contributed by atoms with Crippen LogP contribution in [0.15, 0.2) is 10.2 Å². The standard InChI is InChI=1S/C6H10N2/c1-5-3-6(2,4-5)8-7-5/h3-4H2,1-2H3. The summed E-state index contributed by atoms with van der Waals surface area (Å²) >= 11 is 0. The third kappa shape index (κ3) is 0.343. The van der Waals surface area contributed by atoms with E-state index >= 15 is 0 Å². The number of hydrogen-bond donors (Lipinski definition) is 0. The Balaban J connectivity index is 2.33. The van der Waals surface area contributed by atoms with E-state index in [1.165, 1.54) is 12.8 Å². The van der Waals surface area contributed by atoms with Gasteiger partial charge in [-0.1, -0.05) is 0 Å². The van der Waals surface area contributed by atoms with Crippen molar-refractivity contribution < 1.29 is 0 Å². The fourth-order valence-electron chi connectivity index (χ4n) is 1.97. The van der Waals surface area contributed by atoms with Crippen molar-refractivity contribution in [2.24, 2.45) is 10.2 Å². The second-order valence-corrected chi connectivity index (χ2v) is 3.55. The molecule has 1 aliphatic carbocycles. The molecule has 0 saturated heterocycles. The molecule has 0 radical (unpaired) electrons. The largest absolute Gasteiger partial charge is 0.187 e. The molecule has 3 aliphatic rings. The van der Waals surface area contributed by atoms with Crippen LogP contribution in [0.4, 0.5) is 0 Å². The summed E-state index contributed by atoms with van der Waals surface area (Å²) < 4.78 is 0. The van der Waals surface area contributed by atoms with Gasteiger partial charge in [0.05, 0.1) is 11.1 Å². The minimum atomic E-state index is 0.259. The highest BCUT2D eigenvalue weighted by Crippen LogP contribution is 2.52. The first kappa shape index (κ1) is 4.48. The summed E-state index contributed by atoms with van der Waals surface area (Å²) in [5.41, 5.74) is 0.517. The van der Waals surface area contributed by atoms with Crippen LogP contribution >= 0.6 is 0 Å². The molecule has 0 N–H and O–H groups in total. The van der Waals surface area contributed by atoms with E-state index in [0.29, 0.717) is 0 Å². The van der Waals surface area contributed by atoms with Crippen LogP contribution in [0.3, 0.4) is 0 Å². The van der Waals surface area contributed by atoms with E-state index in [4.69, 9.17) is 0 Å². The zero-order chi connectivity index (χ0) is 5.83. The van der Waals surface area contributed by atoms with E-state index < -0.39 is 0 Å². The van der Waals surface area contributed by atoms with Crippen LogP contribution in [-0.2, 0) is 0 Å². The molecule has 0 aromatic rings. The number of rotatable bonds is 0. The number of nitrogens with zero attached hydrogens (tertiary/aromatic N) is 2.